The number of hydrogen-bond donors (Lipinski definition) is 1. The molecule has 1 unspecified atom stereocenters. The van der Waals surface area contributed by atoms with E-state index in [2.05, 4.69) is 0 Å². The van der Waals surface area contributed by atoms with Crippen molar-refractivity contribution in [2.75, 3.05) is 18.6 Å². The lowest BCUT2D eigenvalue weighted by Crippen LogP contribution is -2.39. The highest BCUT2D eigenvalue weighted by molar-refractivity contribution is 7.99. The van der Waals surface area contributed by atoms with Crippen molar-refractivity contribution in [2.45, 2.75) is 57.5 Å². The Bertz CT molecular complexity index is 227. The van der Waals surface area contributed by atoms with Crippen molar-refractivity contribution in [2.24, 2.45) is 5.73 Å². The zero-order valence-electron chi connectivity index (χ0n) is 11.2. The normalized spacial score (nSPS) is 19.0. The summed E-state index contributed by atoms with van der Waals surface area (Å²) in [6.45, 7) is 2.01. The van der Waals surface area contributed by atoms with E-state index < -0.39 is 0 Å². The first-order valence-corrected chi connectivity index (χ1v) is 7.85. The number of amides is 1. The number of thioether (sulfide) groups is 1. The topological polar surface area (TPSA) is 46.3 Å². The van der Waals surface area contributed by atoms with Crippen LogP contribution in [-0.4, -0.2) is 41.4 Å². The third kappa shape index (κ3) is 5.77. The number of nitrogens with two attached hydrogens (primary N) is 1. The van der Waals surface area contributed by atoms with E-state index in [1.807, 2.05) is 18.9 Å². The summed E-state index contributed by atoms with van der Waals surface area (Å²) in [5, 5.41) is 0. The number of carbonyl (C=O) groups is 1. The second kappa shape index (κ2) is 7.98. The molecule has 1 amide bonds. The summed E-state index contributed by atoms with van der Waals surface area (Å²) in [5.41, 5.74) is 5.68. The van der Waals surface area contributed by atoms with Gasteiger partial charge >= 0.3 is 0 Å². The van der Waals surface area contributed by atoms with E-state index in [-0.39, 0.29) is 11.9 Å². The highest BCUT2D eigenvalue weighted by Gasteiger charge is 2.21. The van der Waals surface area contributed by atoms with Gasteiger partial charge in [-0.25, -0.2) is 0 Å². The summed E-state index contributed by atoms with van der Waals surface area (Å²) in [6.07, 6.45) is 7.26. The fraction of sp³-hybridized carbons (Fsp3) is 0.923. The fourth-order valence-electron chi connectivity index (χ4n) is 2.20. The zero-order valence-corrected chi connectivity index (χ0v) is 12.0. The fourth-order valence-corrected chi connectivity index (χ4v) is 3.26. The Balaban J connectivity index is 2.17. The number of hydrogen-bond acceptors (Lipinski definition) is 3. The molecule has 0 heterocycles. The lowest BCUT2D eigenvalue weighted by Gasteiger charge is -2.31. The standard InChI is InChI=1S/C13H26N2OS/c1-11(14)8-9-17-10-13(16)15(2)12-6-4-3-5-7-12/h11-12H,3-10,14H2,1-2H3. The molecular weight excluding hydrogens is 232 g/mol. The lowest BCUT2D eigenvalue weighted by molar-refractivity contribution is -0.129. The van der Waals surface area contributed by atoms with Crippen LogP contribution in [0.4, 0.5) is 0 Å². The van der Waals surface area contributed by atoms with Crippen molar-refractivity contribution in [1.82, 2.24) is 4.90 Å². The summed E-state index contributed by atoms with van der Waals surface area (Å²) in [7, 11) is 1.96. The predicted octanol–water partition coefficient (Wildman–Crippen LogP) is 2.25. The van der Waals surface area contributed by atoms with Gasteiger partial charge in [0.15, 0.2) is 0 Å². The van der Waals surface area contributed by atoms with Gasteiger partial charge < -0.3 is 10.6 Å². The smallest absolute Gasteiger partial charge is 0.232 e. The minimum absolute atomic E-state index is 0.244. The van der Waals surface area contributed by atoms with E-state index >= 15 is 0 Å². The molecule has 1 fully saturated rings. The third-order valence-electron chi connectivity index (χ3n) is 3.46. The first kappa shape index (κ1) is 14.8. The molecule has 0 aromatic heterocycles. The van der Waals surface area contributed by atoms with Gasteiger partial charge in [0.05, 0.1) is 5.75 Å². The highest BCUT2D eigenvalue weighted by Crippen LogP contribution is 2.22. The Morgan fingerprint density at radius 3 is 2.65 bits per heavy atom. The van der Waals surface area contributed by atoms with Gasteiger partial charge in [0.2, 0.25) is 5.91 Å². The van der Waals surface area contributed by atoms with Crippen LogP contribution in [0.1, 0.15) is 45.4 Å². The molecule has 100 valence electrons. The van der Waals surface area contributed by atoms with E-state index in [4.69, 9.17) is 5.73 Å². The maximum atomic E-state index is 12.0. The molecule has 1 saturated carbocycles. The highest BCUT2D eigenvalue weighted by atomic mass is 32.2. The molecule has 0 aromatic carbocycles. The summed E-state index contributed by atoms with van der Waals surface area (Å²) in [5.74, 6) is 1.88. The second-order valence-corrected chi connectivity index (χ2v) is 6.22. The monoisotopic (exact) mass is 258 g/mol. The van der Waals surface area contributed by atoms with Crippen molar-refractivity contribution in [3.05, 3.63) is 0 Å². The molecular formula is C13H26N2OS. The first-order chi connectivity index (χ1) is 8.11. The van der Waals surface area contributed by atoms with Crippen LogP contribution in [0.2, 0.25) is 0 Å². The van der Waals surface area contributed by atoms with Crippen LogP contribution >= 0.6 is 11.8 Å². The molecule has 0 bridgehead atoms. The quantitative estimate of drug-likeness (QED) is 0.743. The van der Waals surface area contributed by atoms with Crippen molar-refractivity contribution in [3.8, 4) is 0 Å². The average molecular weight is 258 g/mol. The van der Waals surface area contributed by atoms with Gasteiger partial charge in [-0.15, -0.1) is 0 Å². The second-order valence-electron chi connectivity index (χ2n) is 5.12. The van der Waals surface area contributed by atoms with Gasteiger partial charge in [-0.1, -0.05) is 19.3 Å². The molecule has 1 aliphatic rings. The Morgan fingerprint density at radius 1 is 1.41 bits per heavy atom. The van der Waals surface area contributed by atoms with Crippen molar-refractivity contribution >= 4 is 17.7 Å². The Hall–Kier alpha value is -0.220. The van der Waals surface area contributed by atoms with Crippen LogP contribution in [0.3, 0.4) is 0 Å². The van der Waals surface area contributed by atoms with Gasteiger partial charge in [0.1, 0.15) is 0 Å². The van der Waals surface area contributed by atoms with Crippen LogP contribution in [0, 0.1) is 0 Å². The molecule has 17 heavy (non-hydrogen) atoms. The Kier molecular flexibility index (Phi) is 6.97. The summed E-state index contributed by atoms with van der Waals surface area (Å²) < 4.78 is 0. The maximum Gasteiger partial charge on any atom is 0.232 e. The molecule has 0 radical (unpaired) electrons. The third-order valence-corrected chi connectivity index (χ3v) is 4.43. The van der Waals surface area contributed by atoms with Gasteiger partial charge in [0, 0.05) is 19.1 Å². The molecule has 4 heteroatoms. The Labute approximate surface area is 109 Å². The molecule has 0 aromatic rings. The van der Waals surface area contributed by atoms with E-state index in [0.717, 1.165) is 12.2 Å². The summed E-state index contributed by atoms with van der Waals surface area (Å²) >= 11 is 1.71. The number of carbonyl (C=O) groups excluding carboxylic acids is 1. The molecule has 1 rings (SSSR count). The minimum atomic E-state index is 0.244. The SMILES string of the molecule is CC(N)CCSCC(=O)N(C)C1CCCCC1. The van der Waals surface area contributed by atoms with Crippen LogP contribution in [0.15, 0.2) is 0 Å². The van der Waals surface area contributed by atoms with Crippen LogP contribution in [0.5, 0.6) is 0 Å². The largest absolute Gasteiger partial charge is 0.342 e. The van der Waals surface area contributed by atoms with E-state index in [1.165, 1.54) is 32.1 Å². The van der Waals surface area contributed by atoms with Gasteiger partial charge in [-0.05, 0) is 31.9 Å². The minimum Gasteiger partial charge on any atom is -0.342 e. The molecule has 0 spiro atoms. The molecule has 1 atom stereocenters. The number of nitrogens with zero attached hydrogens (tertiary/aromatic N) is 1. The predicted molar refractivity (Wildman–Crippen MR) is 75.2 cm³/mol. The molecule has 1 aliphatic carbocycles. The van der Waals surface area contributed by atoms with Gasteiger partial charge in [0.25, 0.3) is 0 Å². The van der Waals surface area contributed by atoms with Crippen molar-refractivity contribution < 1.29 is 4.79 Å². The van der Waals surface area contributed by atoms with E-state index in [0.29, 0.717) is 11.8 Å². The number of rotatable bonds is 6. The van der Waals surface area contributed by atoms with Gasteiger partial charge in [-0.3, -0.25) is 4.79 Å². The van der Waals surface area contributed by atoms with E-state index in [9.17, 15) is 4.79 Å². The van der Waals surface area contributed by atoms with Gasteiger partial charge in [-0.2, -0.15) is 11.8 Å². The Morgan fingerprint density at radius 2 is 2.06 bits per heavy atom. The molecule has 3 nitrogen and oxygen atoms in total. The van der Waals surface area contributed by atoms with Crippen LogP contribution in [-0.2, 0) is 4.79 Å². The molecule has 2 N–H and O–H groups in total. The average Bonchev–Trinajstić information content (AvgIpc) is 2.34. The van der Waals surface area contributed by atoms with E-state index in [1.54, 1.807) is 11.8 Å². The van der Waals surface area contributed by atoms with Crippen molar-refractivity contribution in [1.29, 1.82) is 0 Å². The van der Waals surface area contributed by atoms with Crippen LogP contribution < -0.4 is 5.73 Å². The summed E-state index contributed by atoms with van der Waals surface area (Å²) in [6, 6.07) is 0.735. The lowest BCUT2D eigenvalue weighted by atomic mass is 9.94. The maximum absolute atomic E-state index is 12.0. The molecule has 0 aliphatic heterocycles. The zero-order chi connectivity index (χ0) is 12.7. The first-order valence-electron chi connectivity index (χ1n) is 6.70. The molecule has 0 saturated heterocycles. The summed E-state index contributed by atoms with van der Waals surface area (Å²) in [4.78, 5) is 13.9. The van der Waals surface area contributed by atoms with Crippen LogP contribution in [0.25, 0.3) is 0 Å². The van der Waals surface area contributed by atoms with Crippen molar-refractivity contribution in [3.63, 3.8) is 0 Å².